The van der Waals surface area contributed by atoms with Crippen LogP contribution in [0.3, 0.4) is 0 Å². The van der Waals surface area contributed by atoms with E-state index in [1.165, 1.54) is 15.9 Å². The molecule has 0 aliphatic carbocycles. The number of thiazole rings is 1. The molecule has 2 heterocycles. The van der Waals surface area contributed by atoms with E-state index in [-0.39, 0.29) is 29.2 Å². The summed E-state index contributed by atoms with van der Waals surface area (Å²) in [7, 11) is 0. The number of carbonyl (C=O) groups is 1. The number of amides is 1. The summed E-state index contributed by atoms with van der Waals surface area (Å²) < 4.78 is 1.68. The summed E-state index contributed by atoms with van der Waals surface area (Å²) in [6.07, 6.45) is 2.38. The summed E-state index contributed by atoms with van der Waals surface area (Å²) in [5.41, 5.74) is 1.38. The lowest BCUT2D eigenvalue weighted by molar-refractivity contribution is -0.116. The molecule has 6 nitrogen and oxygen atoms in total. The Hall–Kier alpha value is -2.52. The predicted molar refractivity (Wildman–Crippen MR) is 128 cm³/mol. The number of hydrogen-bond donors (Lipinski definition) is 2. The van der Waals surface area contributed by atoms with Crippen LogP contribution in [0.5, 0.6) is 0 Å². The number of anilines is 1. The molecule has 0 atom stereocenters. The Balaban J connectivity index is 1.40. The van der Waals surface area contributed by atoms with Crippen molar-refractivity contribution in [3.8, 4) is 0 Å². The lowest BCUT2D eigenvalue weighted by Crippen LogP contribution is -2.25. The lowest BCUT2D eigenvalue weighted by atomic mass is 10.1. The van der Waals surface area contributed by atoms with Gasteiger partial charge in [0.2, 0.25) is 5.91 Å². The fourth-order valence-electron chi connectivity index (χ4n) is 3.10. The SMILES string of the molecule is O=C(CCn1c(=S)[nH]c2ccccc2c1=O)Nc1ncc(Cc2ccc(Cl)cc2Cl)s1. The summed E-state index contributed by atoms with van der Waals surface area (Å²) in [6, 6.07) is 12.5. The van der Waals surface area contributed by atoms with E-state index in [1.807, 2.05) is 12.1 Å². The molecule has 0 aliphatic rings. The average Bonchev–Trinajstić information content (AvgIpc) is 3.16. The highest BCUT2D eigenvalue weighted by Gasteiger charge is 2.11. The van der Waals surface area contributed by atoms with Gasteiger partial charge in [-0.05, 0) is 42.0 Å². The van der Waals surface area contributed by atoms with E-state index in [9.17, 15) is 9.59 Å². The normalized spacial score (nSPS) is 11.0. The highest BCUT2D eigenvalue weighted by atomic mass is 35.5. The molecule has 2 N–H and O–H groups in total. The highest BCUT2D eigenvalue weighted by molar-refractivity contribution is 7.71. The zero-order valence-corrected chi connectivity index (χ0v) is 19.2. The molecular weight excluding hydrogens is 475 g/mol. The molecule has 4 rings (SSSR count). The van der Waals surface area contributed by atoms with Gasteiger partial charge in [-0.15, -0.1) is 11.3 Å². The van der Waals surface area contributed by atoms with Crippen molar-refractivity contribution in [3.05, 3.63) is 84.3 Å². The van der Waals surface area contributed by atoms with Crippen LogP contribution in [0.25, 0.3) is 10.9 Å². The number of fused-ring (bicyclic) bond motifs is 1. The third kappa shape index (κ3) is 5.04. The Bertz CT molecular complexity index is 1390. The summed E-state index contributed by atoms with van der Waals surface area (Å²) >= 11 is 18.8. The molecule has 4 aromatic rings. The summed E-state index contributed by atoms with van der Waals surface area (Å²) in [5.74, 6) is -0.250. The maximum absolute atomic E-state index is 12.7. The van der Waals surface area contributed by atoms with Crippen LogP contribution in [-0.2, 0) is 17.8 Å². The minimum atomic E-state index is -0.250. The van der Waals surface area contributed by atoms with Gasteiger partial charge in [0.1, 0.15) is 0 Å². The van der Waals surface area contributed by atoms with E-state index in [0.29, 0.717) is 32.5 Å². The number of rotatable bonds is 6. The van der Waals surface area contributed by atoms with Crippen molar-refractivity contribution in [2.75, 3.05) is 5.32 Å². The Morgan fingerprint density at radius 1 is 1.23 bits per heavy atom. The van der Waals surface area contributed by atoms with E-state index >= 15 is 0 Å². The second-order valence-electron chi connectivity index (χ2n) is 6.77. The second kappa shape index (κ2) is 9.32. The van der Waals surface area contributed by atoms with Crippen molar-refractivity contribution in [2.45, 2.75) is 19.4 Å². The monoisotopic (exact) mass is 490 g/mol. The van der Waals surface area contributed by atoms with Crippen LogP contribution in [0.15, 0.2) is 53.5 Å². The van der Waals surface area contributed by atoms with Crippen LogP contribution in [0.2, 0.25) is 10.0 Å². The first kappa shape index (κ1) is 21.7. The van der Waals surface area contributed by atoms with Crippen molar-refractivity contribution in [2.24, 2.45) is 0 Å². The molecule has 2 aromatic heterocycles. The van der Waals surface area contributed by atoms with Crippen LogP contribution in [0.1, 0.15) is 16.9 Å². The third-order valence-electron chi connectivity index (χ3n) is 4.63. The number of aromatic nitrogens is 3. The van der Waals surface area contributed by atoms with Gasteiger partial charge in [0.15, 0.2) is 9.90 Å². The second-order valence-corrected chi connectivity index (χ2v) is 9.12. The number of carbonyl (C=O) groups excluding carboxylic acids is 1. The van der Waals surface area contributed by atoms with Gasteiger partial charge in [0, 0.05) is 40.5 Å². The smallest absolute Gasteiger partial charge is 0.262 e. The topological polar surface area (TPSA) is 79.8 Å². The Kier molecular flexibility index (Phi) is 6.52. The van der Waals surface area contributed by atoms with Gasteiger partial charge >= 0.3 is 0 Å². The van der Waals surface area contributed by atoms with Crippen molar-refractivity contribution in [1.29, 1.82) is 0 Å². The van der Waals surface area contributed by atoms with Crippen LogP contribution < -0.4 is 10.9 Å². The average molecular weight is 491 g/mol. The fraction of sp³-hybridized carbons (Fsp3) is 0.143. The van der Waals surface area contributed by atoms with Gasteiger partial charge in [0.25, 0.3) is 5.56 Å². The Morgan fingerprint density at radius 3 is 2.84 bits per heavy atom. The van der Waals surface area contributed by atoms with Crippen molar-refractivity contribution < 1.29 is 4.79 Å². The molecule has 31 heavy (non-hydrogen) atoms. The largest absolute Gasteiger partial charge is 0.332 e. The zero-order chi connectivity index (χ0) is 22.0. The van der Waals surface area contributed by atoms with Crippen LogP contribution in [0.4, 0.5) is 5.13 Å². The standard InChI is InChI=1S/C21H16Cl2N4O2S2/c22-13-6-5-12(16(23)10-13)9-14-11-24-20(31-14)26-18(28)7-8-27-19(29)15-3-1-2-4-17(15)25-21(27)30/h1-6,10-11H,7-9H2,(H,25,30)(H,24,26,28). The molecule has 1 amide bonds. The molecule has 0 unspecified atom stereocenters. The minimum Gasteiger partial charge on any atom is -0.332 e. The number of benzene rings is 2. The van der Waals surface area contributed by atoms with Crippen LogP contribution in [-0.4, -0.2) is 20.4 Å². The fourth-order valence-corrected chi connectivity index (χ4v) is 4.71. The molecule has 0 aliphatic heterocycles. The van der Waals surface area contributed by atoms with E-state index in [1.54, 1.807) is 36.5 Å². The van der Waals surface area contributed by atoms with Crippen LogP contribution >= 0.6 is 46.8 Å². The molecule has 0 radical (unpaired) electrons. The van der Waals surface area contributed by atoms with E-state index < -0.39 is 0 Å². The summed E-state index contributed by atoms with van der Waals surface area (Å²) in [5, 5.41) is 4.96. The Labute approximate surface area is 196 Å². The first-order chi connectivity index (χ1) is 14.9. The number of nitrogens with one attached hydrogen (secondary N) is 2. The maximum Gasteiger partial charge on any atom is 0.262 e. The number of H-pyrrole nitrogens is 1. The first-order valence-electron chi connectivity index (χ1n) is 9.31. The molecule has 158 valence electrons. The molecule has 0 spiro atoms. The van der Waals surface area contributed by atoms with E-state index in [0.717, 1.165) is 10.4 Å². The number of halogens is 2. The molecule has 0 saturated carbocycles. The molecule has 0 saturated heterocycles. The number of hydrogen-bond acceptors (Lipinski definition) is 5. The number of para-hydroxylation sites is 1. The molecule has 10 heteroatoms. The lowest BCUT2D eigenvalue weighted by Gasteiger charge is -2.08. The van der Waals surface area contributed by atoms with E-state index in [4.69, 9.17) is 35.4 Å². The van der Waals surface area contributed by atoms with Gasteiger partial charge in [-0.2, -0.15) is 0 Å². The highest BCUT2D eigenvalue weighted by Crippen LogP contribution is 2.27. The van der Waals surface area contributed by atoms with Crippen molar-refractivity contribution >= 4 is 68.7 Å². The van der Waals surface area contributed by atoms with Gasteiger partial charge in [-0.1, -0.05) is 41.4 Å². The minimum absolute atomic E-state index is 0.0909. The van der Waals surface area contributed by atoms with Gasteiger partial charge in [-0.25, -0.2) is 4.98 Å². The molecule has 0 bridgehead atoms. The third-order valence-corrected chi connectivity index (χ3v) is 6.45. The Morgan fingerprint density at radius 2 is 2.03 bits per heavy atom. The van der Waals surface area contributed by atoms with Crippen LogP contribution in [0, 0.1) is 4.77 Å². The number of aromatic amines is 1. The summed E-state index contributed by atoms with van der Waals surface area (Å²) in [6.45, 7) is 0.170. The predicted octanol–water partition coefficient (Wildman–Crippen LogP) is 5.44. The van der Waals surface area contributed by atoms with Gasteiger partial charge in [0.05, 0.1) is 10.9 Å². The summed E-state index contributed by atoms with van der Waals surface area (Å²) in [4.78, 5) is 33.3. The van der Waals surface area contributed by atoms with Crippen molar-refractivity contribution in [1.82, 2.24) is 14.5 Å². The first-order valence-corrected chi connectivity index (χ1v) is 11.3. The van der Waals surface area contributed by atoms with Crippen molar-refractivity contribution in [3.63, 3.8) is 0 Å². The number of nitrogens with zero attached hydrogens (tertiary/aromatic N) is 2. The molecule has 0 fully saturated rings. The van der Waals surface area contributed by atoms with E-state index in [2.05, 4.69) is 15.3 Å². The van der Waals surface area contributed by atoms with Gasteiger partial charge in [-0.3, -0.25) is 14.2 Å². The molecule has 2 aromatic carbocycles. The zero-order valence-electron chi connectivity index (χ0n) is 16.0. The maximum atomic E-state index is 12.7. The quantitative estimate of drug-likeness (QED) is 0.352. The van der Waals surface area contributed by atoms with Gasteiger partial charge < -0.3 is 10.3 Å². The molecular formula is C21H16Cl2N4O2S2.